The minimum absolute atomic E-state index is 0.132. The van der Waals surface area contributed by atoms with E-state index in [0.29, 0.717) is 15.7 Å². The monoisotopic (exact) mass is 259 g/mol. The third-order valence-corrected chi connectivity index (χ3v) is 2.94. The number of H-pyrrole nitrogens is 1. The molecule has 0 aliphatic rings. The summed E-state index contributed by atoms with van der Waals surface area (Å²) < 4.78 is 0. The highest BCUT2D eigenvalue weighted by molar-refractivity contribution is 7.99. The molecule has 0 spiro atoms. The summed E-state index contributed by atoms with van der Waals surface area (Å²) in [6, 6.07) is 6.66. The van der Waals surface area contributed by atoms with Gasteiger partial charge >= 0.3 is 0 Å². The maximum Gasteiger partial charge on any atom is 0.253 e. The van der Waals surface area contributed by atoms with Crippen molar-refractivity contribution in [2.24, 2.45) is 0 Å². The summed E-state index contributed by atoms with van der Waals surface area (Å²) in [7, 11) is 0. The van der Waals surface area contributed by atoms with Crippen LogP contribution in [0, 0.1) is 18.3 Å². The van der Waals surface area contributed by atoms with Crippen LogP contribution in [0.2, 0.25) is 0 Å². The average Bonchev–Trinajstić information content (AvgIpc) is 2.27. The summed E-state index contributed by atoms with van der Waals surface area (Å²) in [6.07, 6.45) is 0. The molecular weight excluding hydrogens is 250 g/mol. The standard InChI is InChI=1S/C11H9N5OS/c1-6-2-3-7(5-12)10(14-6)18-11-15-8(13)4-9(17)16-11/h2-4H,1H3,(H3,13,15,16,17). The second-order valence-corrected chi connectivity index (χ2v) is 4.47. The molecule has 6 nitrogen and oxygen atoms in total. The first kappa shape index (κ1) is 12.1. The molecule has 0 radical (unpaired) electrons. The van der Waals surface area contributed by atoms with Crippen LogP contribution in [0.5, 0.6) is 0 Å². The van der Waals surface area contributed by atoms with Crippen LogP contribution >= 0.6 is 11.8 Å². The van der Waals surface area contributed by atoms with Crippen molar-refractivity contribution in [1.82, 2.24) is 15.0 Å². The van der Waals surface area contributed by atoms with E-state index in [1.807, 2.05) is 13.0 Å². The van der Waals surface area contributed by atoms with Crippen molar-refractivity contribution < 1.29 is 0 Å². The van der Waals surface area contributed by atoms with Crippen molar-refractivity contribution in [3.63, 3.8) is 0 Å². The van der Waals surface area contributed by atoms with Crippen LogP contribution in [0.1, 0.15) is 11.3 Å². The molecule has 0 aliphatic heterocycles. The molecule has 0 amide bonds. The van der Waals surface area contributed by atoms with Crippen LogP contribution in [-0.2, 0) is 0 Å². The van der Waals surface area contributed by atoms with Crippen molar-refractivity contribution in [3.05, 3.63) is 39.8 Å². The second-order valence-electron chi connectivity index (χ2n) is 3.49. The number of rotatable bonds is 2. The molecule has 0 saturated carbocycles. The van der Waals surface area contributed by atoms with Crippen LogP contribution in [0.15, 0.2) is 33.2 Å². The Balaban J connectivity index is 2.42. The molecule has 0 aliphatic carbocycles. The smallest absolute Gasteiger partial charge is 0.253 e. The van der Waals surface area contributed by atoms with Gasteiger partial charge in [-0.3, -0.25) is 4.79 Å². The predicted octanol–water partition coefficient (Wildman–Crippen LogP) is 1.08. The van der Waals surface area contributed by atoms with E-state index in [4.69, 9.17) is 11.0 Å². The molecule has 0 unspecified atom stereocenters. The quantitative estimate of drug-likeness (QED) is 0.781. The van der Waals surface area contributed by atoms with Gasteiger partial charge in [0.05, 0.1) is 5.56 Å². The molecule has 7 heteroatoms. The molecule has 0 aromatic carbocycles. The zero-order valence-corrected chi connectivity index (χ0v) is 10.3. The van der Waals surface area contributed by atoms with Gasteiger partial charge in [0.15, 0.2) is 5.16 Å². The van der Waals surface area contributed by atoms with Gasteiger partial charge in [-0.2, -0.15) is 5.26 Å². The Kier molecular flexibility index (Phi) is 3.30. The molecule has 2 aromatic heterocycles. The Morgan fingerprint density at radius 3 is 2.89 bits per heavy atom. The van der Waals surface area contributed by atoms with Crippen molar-refractivity contribution in [2.45, 2.75) is 17.1 Å². The number of aromatic amines is 1. The van der Waals surface area contributed by atoms with Crippen LogP contribution in [-0.4, -0.2) is 15.0 Å². The summed E-state index contributed by atoms with van der Waals surface area (Å²) in [5.41, 5.74) is 6.35. The number of nitrogens with two attached hydrogens (primary N) is 1. The fourth-order valence-electron chi connectivity index (χ4n) is 1.29. The van der Waals surface area contributed by atoms with Gasteiger partial charge < -0.3 is 10.7 Å². The number of aryl methyl sites for hydroxylation is 1. The number of hydrogen-bond donors (Lipinski definition) is 2. The number of nitrogens with one attached hydrogen (secondary N) is 1. The summed E-state index contributed by atoms with van der Waals surface area (Å²) in [5.74, 6) is 0.132. The normalized spacial score (nSPS) is 10.0. The lowest BCUT2D eigenvalue weighted by Crippen LogP contribution is -2.09. The van der Waals surface area contributed by atoms with Crippen LogP contribution in [0.25, 0.3) is 0 Å². The molecular formula is C11H9N5OS. The van der Waals surface area contributed by atoms with Crippen LogP contribution < -0.4 is 11.3 Å². The zero-order chi connectivity index (χ0) is 13.1. The van der Waals surface area contributed by atoms with Crippen molar-refractivity contribution in [3.8, 4) is 6.07 Å². The number of hydrogen-bond acceptors (Lipinski definition) is 6. The minimum atomic E-state index is -0.337. The first-order chi connectivity index (χ1) is 8.58. The molecule has 2 aromatic rings. The summed E-state index contributed by atoms with van der Waals surface area (Å²) in [4.78, 5) is 22.0. The Labute approximate surface area is 107 Å². The Morgan fingerprint density at radius 1 is 1.44 bits per heavy atom. The lowest BCUT2D eigenvalue weighted by molar-refractivity contribution is 0.936. The Morgan fingerprint density at radius 2 is 2.22 bits per heavy atom. The van der Waals surface area contributed by atoms with Crippen molar-refractivity contribution in [2.75, 3.05) is 5.73 Å². The van der Waals surface area contributed by atoms with Gasteiger partial charge in [-0.1, -0.05) is 0 Å². The molecule has 0 bridgehead atoms. The van der Waals surface area contributed by atoms with Gasteiger partial charge in [0.25, 0.3) is 5.56 Å². The van der Waals surface area contributed by atoms with Crippen LogP contribution in [0.4, 0.5) is 5.82 Å². The highest BCUT2D eigenvalue weighted by atomic mass is 32.2. The average molecular weight is 259 g/mol. The summed E-state index contributed by atoms with van der Waals surface area (Å²) in [6.45, 7) is 1.82. The molecule has 0 saturated heterocycles. The fraction of sp³-hybridized carbons (Fsp3) is 0.0909. The van der Waals surface area contributed by atoms with Gasteiger partial charge in [0.2, 0.25) is 0 Å². The molecule has 0 atom stereocenters. The number of nitrogens with zero attached hydrogens (tertiary/aromatic N) is 3. The van der Waals surface area contributed by atoms with E-state index in [-0.39, 0.29) is 11.4 Å². The first-order valence-electron chi connectivity index (χ1n) is 5.01. The summed E-state index contributed by atoms with van der Waals surface area (Å²) in [5, 5.41) is 9.78. The Hall–Kier alpha value is -2.33. The fourth-order valence-corrected chi connectivity index (χ4v) is 2.19. The topological polar surface area (TPSA) is 108 Å². The number of nitriles is 1. The lowest BCUT2D eigenvalue weighted by Gasteiger charge is -2.03. The van der Waals surface area contributed by atoms with E-state index in [1.165, 1.54) is 6.07 Å². The number of nitrogen functional groups attached to an aromatic ring is 1. The van der Waals surface area contributed by atoms with Gasteiger partial charge in [-0.25, -0.2) is 9.97 Å². The molecule has 90 valence electrons. The van der Waals surface area contributed by atoms with E-state index in [9.17, 15) is 4.79 Å². The highest BCUT2D eigenvalue weighted by Crippen LogP contribution is 2.25. The van der Waals surface area contributed by atoms with Gasteiger partial charge in [0.1, 0.15) is 16.9 Å². The number of anilines is 1. The SMILES string of the molecule is Cc1ccc(C#N)c(Sc2nc(N)cc(=O)[nH]2)n1. The lowest BCUT2D eigenvalue weighted by atomic mass is 10.3. The van der Waals surface area contributed by atoms with Gasteiger partial charge in [-0.15, -0.1) is 0 Å². The number of pyridine rings is 1. The van der Waals surface area contributed by atoms with E-state index in [2.05, 4.69) is 15.0 Å². The van der Waals surface area contributed by atoms with E-state index < -0.39 is 0 Å². The molecule has 18 heavy (non-hydrogen) atoms. The molecule has 3 N–H and O–H groups in total. The van der Waals surface area contributed by atoms with Crippen molar-refractivity contribution >= 4 is 17.6 Å². The zero-order valence-electron chi connectivity index (χ0n) is 9.47. The molecule has 0 fully saturated rings. The minimum Gasteiger partial charge on any atom is -0.383 e. The van der Waals surface area contributed by atoms with Crippen LogP contribution in [0.3, 0.4) is 0 Å². The van der Waals surface area contributed by atoms with E-state index >= 15 is 0 Å². The third-order valence-electron chi connectivity index (χ3n) is 2.05. The van der Waals surface area contributed by atoms with Gasteiger partial charge in [0, 0.05) is 11.8 Å². The Bertz CT molecular complexity index is 689. The predicted molar refractivity (Wildman–Crippen MR) is 67.1 cm³/mol. The second kappa shape index (κ2) is 4.89. The van der Waals surface area contributed by atoms with E-state index in [0.717, 1.165) is 17.5 Å². The van der Waals surface area contributed by atoms with Crippen molar-refractivity contribution in [1.29, 1.82) is 5.26 Å². The maximum atomic E-state index is 11.2. The van der Waals surface area contributed by atoms with E-state index in [1.54, 1.807) is 12.1 Å². The maximum absolute atomic E-state index is 11.2. The third kappa shape index (κ3) is 2.67. The molecule has 2 rings (SSSR count). The summed E-state index contributed by atoms with van der Waals surface area (Å²) >= 11 is 1.10. The first-order valence-corrected chi connectivity index (χ1v) is 5.82. The largest absolute Gasteiger partial charge is 0.383 e. The highest BCUT2D eigenvalue weighted by Gasteiger charge is 2.08. The molecule has 2 heterocycles. The number of aromatic nitrogens is 3. The van der Waals surface area contributed by atoms with Gasteiger partial charge in [-0.05, 0) is 30.8 Å².